The lowest BCUT2D eigenvalue weighted by Gasteiger charge is -2.48. The van der Waals surface area contributed by atoms with Crippen LogP contribution >= 0.6 is 11.8 Å². The number of hydrogen-bond donors (Lipinski definition) is 0. The second-order valence-electron chi connectivity index (χ2n) is 7.51. The lowest BCUT2D eigenvalue weighted by Crippen LogP contribution is -2.62. The van der Waals surface area contributed by atoms with Crippen LogP contribution in [0.4, 0.5) is 0 Å². The number of benzene rings is 2. The van der Waals surface area contributed by atoms with E-state index in [1.165, 1.54) is 6.92 Å². The first-order chi connectivity index (χ1) is 15.2. The first kappa shape index (κ1) is 22.3. The van der Waals surface area contributed by atoms with Gasteiger partial charge < -0.3 is 23.7 Å². The predicted molar refractivity (Wildman–Crippen MR) is 117 cm³/mol. The maximum Gasteiger partial charge on any atom is 0.303 e. The molecule has 6 atom stereocenters. The van der Waals surface area contributed by atoms with Crippen molar-refractivity contribution in [3.05, 3.63) is 71.8 Å². The fourth-order valence-corrected chi connectivity index (χ4v) is 4.85. The molecule has 2 saturated heterocycles. The molecule has 0 aliphatic carbocycles. The van der Waals surface area contributed by atoms with Gasteiger partial charge in [0.15, 0.2) is 12.4 Å². The smallest absolute Gasteiger partial charge is 0.303 e. The minimum absolute atomic E-state index is 0.309. The Morgan fingerprint density at radius 1 is 1.03 bits per heavy atom. The van der Waals surface area contributed by atoms with Crippen LogP contribution in [-0.4, -0.2) is 48.2 Å². The van der Waals surface area contributed by atoms with Crippen molar-refractivity contribution >= 4 is 17.7 Å². The lowest BCUT2D eigenvalue weighted by atomic mass is 9.98. The Morgan fingerprint density at radius 2 is 1.74 bits per heavy atom. The third-order valence-corrected chi connectivity index (χ3v) is 6.32. The second kappa shape index (κ2) is 10.6. The van der Waals surface area contributed by atoms with Gasteiger partial charge in [-0.15, -0.1) is 11.8 Å². The molecule has 0 N–H and O–H groups in total. The molecule has 0 spiro atoms. The van der Waals surface area contributed by atoms with E-state index in [1.54, 1.807) is 11.8 Å². The summed E-state index contributed by atoms with van der Waals surface area (Å²) < 4.78 is 30.7. The van der Waals surface area contributed by atoms with Gasteiger partial charge in [-0.3, -0.25) is 4.79 Å². The summed E-state index contributed by atoms with van der Waals surface area (Å²) in [5.41, 5.74) is 1.62. The van der Waals surface area contributed by atoms with E-state index in [-0.39, 0.29) is 17.5 Å². The van der Waals surface area contributed by atoms with E-state index in [1.807, 2.05) is 67.6 Å². The average Bonchev–Trinajstić information content (AvgIpc) is 2.79. The SMILES string of the molecule is CCS[C@@H]1OC2COC(c3ccccc3)O[C@H]2[C@@H](OCc2ccccc2)C1OC(C)=O. The van der Waals surface area contributed by atoms with Crippen molar-refractivity contribution in [1.29, 1.82) is 0 Å². The van der Waals surface area contributed by atoms with E-state index in [0.29, 0.717) is 13.2 Å². The molecule has 2 aromatic rings. The van der Waals surface area contributed by atoms with Crippen LogP contribution in [0, 0.1) is 0 Å². The molecule has 7 heteroatoms. The van der Waals surface area contributed by atoms with E-state index in [9.17, 15) is 4.79 Å². The number of fused-ring (bicyclic) bond motifs is 1. The maximum absolute atomic E-state index is 11.9. The molecule has 0 saturated carbocycles. The number of esters is 1. The molecule has 2 fully saturated rings. The van der Waals surface area contributed by atoms with Gasteiger partial charge in [-0.2, -0.15) is 0 Å². The Balaban J connectivity index is 1.59. The molecule has 2 aliphatic rings. The topological polar surface area (TPSA) is 63.2 Å². The van der Waals surface area contributed by atoms with Crippen molar-refractivity contribution in [2.75, 3.05) is 12.4 Å². The number of carbonyl (C=O) groups excluding carboxylic acids is 1. The average molecular weight is 445 g/mol. The second-order valence-corrected chi connectivity index (χ2v) is 8.89. The van der Waals surface area contributed by atoms with E-state index < -0.39 is 24.6 Å². The molecule has 6 nitrogen and oxygen atoms in total. The zero-order valence-electron chi connectivity index (χ0n) is 17.7. The largest absolute Gasteiger partial charge is 0.456 e. The molecule has 0 aromatic heterocycles. The Morgan fingerprint density at radius 3 is 2.42 bits per heavy atom. The van der Waals surface area contributed by atoms with Crippen molar-refractivity contribution in [1.82, 2.24) is 0 Å². The Hall–Kier alpha value is -1.90. The van der Waals surface area contributed by atoms with Crippen molar-refractivity contribution in [3.63, 3.8) is 0 Å². The minimum atomic E-state index is -0.582. The third kappa shape index (κ3) is 5.48. The summed E-state index contributed by atoms with van der Waals surface area (Å²) in [4.78, 5) is 11.9. The molecular formula is C24H28O6S. The Kier molecular flexibility index (Phi) is 7.63. The van der Waals surface area contributed by atoms with Gasteiger partial charge in [-0.1, -0.05) is 67.6 Å². The van der Waals surface area contributed by atoms with Crippen LogP contribution in [0.3, 0.4) is 0 Å². The quantitative estimate of drug-likeness (QED) is 0.596. The summed E-state index contributed by atoms with van der Waals surface area (Å²) in [6, 6.07) is 19.7. The molecule has 31 heavy (non-hydrogen) atoms. The summed E-state index contributed by atoms with van der Waals surface area (Å²) in [5.74, 6) is 0.452. The van der Waals surface area contributed by atoms with E-state index in [0.717, 1.165) is 16.9 Å². The van der Waals surface area contributed by atoms with Crippen LogP contribution < -0.4 is 0 Å². The number of ether oxygens (including phenoxy) is 5. The van der Waals surface area contributed by atoms with Gasteiger partial charge in [0.25, 0.3) is 0 Å². The number of thioether (sulfide) groups is 1. The standard InChI is InChI=1S/C24H28O6S/c1-3-31-24-22(28-16(2)25)21(26-14-17-10-6-4-7-11-17)20-19(29-24)15-27-23(30-20)18-12-8-5-9-13-18/h4-13,19-24H,3,14-15H2,1-2H3/t19?,20-,21-,22?,23?,24+/m1/s1. The van der Waals surface area contributed by atoms with Crippen LogP contribution in [-0.2, 0) is 35.1 Å². The molecule has 0 radical (unpaired) electrons. The van der Waals surface area contributed by atoms with Crippen molar-refractivity contribution < 1.29 is 28.5 Å². The number of rotatable bonds is 7. The zero-order valence-corrected chi connectivity index (χ0v) is 18.5. The Bertz CT molecular complexity index is 832. The molecule has 2 aromatic carbocycles. The van der Waals surface area contributed by atoms with Gasteiger partial charge in [0.2, 0.25) is 0 Å². The molecule has 2 aliphatic heterocycles. The molecule has 2 heterocycles. The highest BCUT2D eigenvalue weighted by atomic mass is 32.2. The molecule has 166 valence electrons. The summed E-state index contributed by atoms with van der Waals surface area (Å²) in [5, 5.41) is 0. The number of hydrogen-bond acceptors (Lipinski definition) is 7. The van der Waals surface area contributed by atoms with Gasteiger partial charge >= 0.3 is 5.97 Å². The summed E-state index contributed by atoms with van der Waals surface area (Å²) in [6.45, 7) is 4.22. The monoisotopic (exact) mass is 444 g/mol. The molecule has 0 amide bonds. The van der Waals surface area contributed by atoms with Gasteiger partial charge in [0.1, 0.15) is 23.7 Å². The predicted octanol–water partition coefficient (Wildman–Crippen LogP) is 4.10. The fourth-order valence-electron chi connectivity index (χ4n) is 3.90. The van der Waals surface area contributed by atoms with Crippen molar-refractivity contribution in [2.24, 2.45) is 0 Å². The van der Waals surface area contributed by atoms with Crippen LogP contribution in [0.25, 0.3) is 0 Å². The zero-order chi connectivity index (χ0) is 21.6. The first-order valence-electron chi connectivity index (χ1n) is 10.6. The van der Waals surface area contributed by atoms with Gasteiger partial charge in [-0.25, -0.2) is 0 Å². The minimum Gasteiger partial charge on any atom is -0.456 e. The van der Waals surface area contributed by atoms with Gasteiger partial charge in [0.05, 0.1) is 13.2 Å². The third-order valence-electron chi connectivity index (χ3n) is 5.27. The van der Waals surface area contributed by atoms with Crippen LogP contribution in [0.2, 0.25) is 0 Å². The maximum atomic E-state index is 11.9. The lowest BCUT2D eigenvalue weighted by molar-refractivity contribution is -0.326. The van der Waals surface area contributed by atoms with Crippen LogP contribution in [0.1, 0.15) is 31.3 Å². The Labute approximate surface area is 187 Å². The van der Waals surface area contributed by atoms with Crippen LogP contribution in [0.5, 0.6) is 0 Å². The molecule has 0 bridgehead atoms. The van der Waals surface area contributed by atoms with E-state index in [2.05, 4.69) is 0 Å². The summed E-state index contributed by atoms with van der Waals surface area (Å²) >= 11 is 1.59. The highest BCUT2D eigenvalue weighted by Gasteiger charge is 2.52. The fraction of sp³-hybridized carbons (Fsp3) is 0.458. The van der Waals surface area contributed by atoms with Crippen LogP contribution in [0.15, 0.2) is 60.7 Å². The molecular weight excluding hydrogens is 416 g/mol. The first-order valence-corrected chi connectivity index (χ1v) is 11.6. The summed E-state index contributed by atoms with van der Waals surface area (Å²) in [7, 11) is 0. The normalized spacial score (nSPS) is 30.4. The van der Waals surface area contributed by atoms with Crippen molar-refractivity contribution in [2.45, 2.75) is 56.6 Å². The molecule has 3 unspecified atom stereocenters. The molecule has 4 rings (SSSR count). The van der Waals surface area contributed by atoms with Gasteiger partial charge in [0, 0.05) is 12.5 Å². The van der Waals surface area contributed by atoms with Gasteiger partial charge in [-0.05, 0) is 11.3 Å². The van der Waals surface area contributed by atoms with Crippen molar-refractivity contribution in [3.8, 4) is 0 Å². The summed E-state index contributed by atoms with van der Waals surface area (Å²) in [6.07, 6.45) is -2.33. The van der Waals surface area contributed by atoms with E-state index >= 15 is 0 Å². The van der Waals surface area contributed by atoms with E-state index in [4.69, 9.17) is 23.7 Å². The highest BCUT2D eigenvalue weighted by Crippen LogP contribution is 2.39. The highest BCUT2D eigenvalue weighted by molar-refractivity contribution is 7.99. The number of carbonyl (C=O) groups is 1.